The molecule has 0 atom stereocenters. The summed E-state index contributed by atoms with van der Waals surface area (Å²) in [6.07, 6.45) is 1.12. The number of methoxy groups -OCH3 is 1. The first-order valence-corrected chi connectivity index (χ1v) is 7.68. The van der Waals surface area contributed by atoms with Gasteiger partial charge in [0.2, 0.25) is 0 Å². The van der Waals surface area contributed by atoms with Gasteiger partial charge in [0.05, 0.1) is 12.6 Å². The number of rotatable bonds is 4. The second kappa shape index (κ2) is 5.32. The van der Waals surface area contributed by atoms with E-state index >= 15 is 0 Å². The molecule has 0 amide bonds. The molecule has 0 aliphatic rings. The largest absolute Gasteiger partial charge is 0.497 e. The lowest BCUT2D eigenvalue weighted by Gasteiger charge is -2.09. The molecule has 4 nitrogen and oxygen atoms in total. The van der Waals surface area contributed by atoms with Gasteiger partial charge in [-0.05, 0) is 37.1 Å². The molecule has 0 aliphatic heterocycles. The Morgan fingerprint density at radius 1 is 1.25 bits per heavy atom. The lowest BCUT2D eigenvalue weighted by Crippen LogP contribution is -1.94. The normalized spacial score (nSPS) is 11.3. The fourth-order valence-corrected chi connectivity index (χ4v) is 3.12. The van der Waals surface area contributed by atoms with Gasteiger partial charge in [-0.15, -0.1) is 10.2 Å². The Bertz CT molecular complexity index is 766. The van der Waals surface area contributed by atoms with Gasteiger partial charge in [-0.25, -0.2) is 0 Å². The molecule has 0 N–H and O–H groups in total. The van der Waals surface area contributed by atoms with Gasteiger partial charge < -0.3 is 4.74 Å². The van der Waals surface area contributed by atoms with Crippen LogP contribution in [0.4, 0.5) is 0 Å². The van der Waals surface area contributed by atoms with Crippen LogP contribution >= 0.6 is 11.8 Å². The molecule has 20 heavy (non-hydrogen) atoms. The Labute approximate surface area is 122 Å². The van der Waals surface area contributed by atoms with Crippen molar-refractivity contribution in [3.63, 3.8) is 0 Å². The molecule has 0 bridgehead atoms. The maximum Gasteiger partial charge on any atom is 0.196 e. The zero-order chi connectivity index (χ0) is 14.1. The van der Waals surface area contributed by atoms with Gasteiger partial charge in [0, 0.05) is 17.2 Å². The molecule has 0 saturated carbocycles. The molecule has 104 valence electrons. The van der Waals surface area contributed by atoms with E-state index in [9.17, 15) is 0 Å². The highest BCUT2D eigenvalue weighted by Gasteiger charge is 2.11. The molecule has 2 heterocycles. The Kier molecular flexibility index (Phi) is 3.53. The summed E-state index contributed by atoms with van der Waals surface area (Å²) >= 11 is 1.74. The number of benzene rings is 1. The van der Waals surface area contributed by atoms with Crippen molar-refractivity contribution in [2.75, 3.05) is 12.9 Å². The Morgan fingerprint density at radius 2 is 2.10 bits per heavy atom. The molecule has 0 unspecified atom stereocenters. The molecule has 3 aromatic rings. The summed E-state index contributed by atoms with van der Waals surface area (Å²) in [5.41, 5.74) is 3.19. The van der Waals surface area contributed by atoms with Crippen molar-refractivity contribution in [1.29, 1.82) is 0 Å². The van der Waals surface area contributed by atoms with Crippen LogP contribution in [0.3, 0.4) is 0 Å². The van der Waals surface area contributed by atoms with E-state index in [1.165, 1.54) is 10.9 Å². The first-order chi connectivity index (χ1) is 9.74. The van der Waals surface area contributed by atoms with Crippen molar-refractivity contribution < 1.29 is 4.74 Å². The van der Waals surface area contributed by atoms with Gasteiger partial charge in [-0.2, -0.15) is 0 Å². The number of ether oxygens (including phenoxy) is 1. The van der Waals surface area contributed by atoms with E-state index in [1.807, 2.05) is 6.07 Å². The minimum Gasteiger partial charge on any atom is -0.497 e. The van der Waals surface area contributed by atoms with Gasteiger partial charge in [-0.1, -0.05) is 18.7 Å². The van der Waals surface area contributed by atoms with E-state index in [0.717, 1.165) is 34.2 Å². The van der Waals surface area contributed by atoms with Crippen LogP contribution in [-0.4, -0.2) is 27.5 Å². The molecule has 5 heteroatoms. The van der Waals surface area contributed by atoms with Gasteiger partial charge >= 0.3 is 0 Å². The fraction of sp³-hybridized carbons (Fsp3) is 0.333. The molecule has 1 aromatic carbocycles. The summed E-state index contributed by atoms with van der Waals surface area (Å²) in [6, 6.07) is 8.22. The number of thioether (sulfide) groups is 1. The summed E-state index contributed by atoms with van der Waals surface area (Å²) in [6.45, 7) is 4.27. The first kappa shape index (κ1) is 13.2. The summed E-state index contributed by atoms with van der Waals surface area (Å²) in [4.78, 5) is 0. The quantitative estimate of drug-likeness (QED) is 0.686. The Balaban J connectivity index is 2.31. The van der Waals surface area contributed by atoms with Crippen LogP contribution in [0.1, 0.15) is 18.9 Å². The van der Waals surface area contributed by atoms with Crippen LogP contribution in [0.25, 0.3) is 16.6 Å². The van der Waals surface area contributed by atoms with Crippen LogP contribution in [0.15, 0.2) is 29.4 Å². The zero-order valence-corrected chi connectivity index (χ0v) is 12.7. The van der Waals surface area contributed by atoms with Crippen LogP contribution in [0.5, 0.6) is 5.75 Å². The van der Waals surface area contributed by atoms with Crippen molar-refractivity contribution in [3.8, 4) is 5.75 Å². The van der Waals surface area contributed by atoms with Crippen molar-refractivity contribution in [3.05, 3.63) is 29.8 Å². The fourth-order valence-electron chi connectivity index (χ4n) is 2.32. The second-order valence-corrected chi connectivity index (χ2v) is 5.80. The zero-order valence-electron chi connectivity index (χ0n) is 11.9. The van der Waals surface area contributed by atoms with Crippen molar-refractivity contribution in [2.45, 2.75) is 25.4 Å². The molecule has 3 rings (SSSR count). The summed E-state index contributed by atoms with van der Waals surface area (Å²) < 4.78 is 7.46. The monoisotopic (exact) mass is 287 g/mol. The molecule has 0 radical (unpaired) electrons. The third-order valence-electron chi connectivity index (χ3n) is 3.31. The van der Waals surface area contributed by atoms with Gasteiger partial charge in [0.15, 0.2) is 10.8 Å². The second-order valence-electron chi connectivity index (χ2n) is 4.74. The summed E-state index contributed by atoms with van der Waals surface area (Å²) in [5, 5.41) is 10.8. The van der Waals surface area contributed by atoms with Crippen LogP contribution in [-0.2, 0) is 0 Å². The maximum absolute atomic E-state index is 5.35. The van der Waals surface area contributed by atoms with E-state index in [2.05, 4.69) is 46.6 Å². The SMILES string of the molecule is CCCSc1nnc2cc(C)c3ccc(OC)cc3n12. The van der Waals surface area contributed by atoms with Crippen LogP contribution < -0.4 is 4.74 Å². The van der Waals surface area contributed by atoms with Crippen molar-refractivity contribution >= 4 is 28.3 Å². The molecule has 2 aromatic heterocycles. The van der Waals surface area contributed by atoms with Crippen LogP contribution in [0.2, 0.25) is 0 Å². The minimum atomic E-state index is 0.851. The number of nitrogens with zero attached hydrogens (tertiary/aromatic N) is 3. The topological polar surface area (TPSA) is 39.4 Å². The number of hydrogen-bond acceptors (Lipinski definition) is 4. The number of fused-ring (bicyclic) bond motifs is 3. The first-order valence-electron chi connectivity index (χ1n) is 6.70. The molecule has 0 fully saturated rings. The summed E-state index contributed by atoms with van der Waals surface area (Å²) in [5.74, 6) is 1.89. The van der Waals surface area contributed by atoms with E-state index in [1.54, 1.807) is 18.9 Å². The summed E-state index contributed by atoms with van der Waals surface area (Å²) in [7, 11) is 1.69. The average Bonchev–Trinajstić information content (AvgIpc) is 2.87. The smallest absolute Gasteiger partial charge is 0.196 e. The third-order valence-corrected chi connectivity index (χ3v) is 4.44. The number of aryl methyl sites for hydroxylation is 1. The van der Waals surface area contributed by atoms with E-state index in [-0.39, 0.29) is 0 Å². The van der Waals surface area contributed by atoms with E-state index in [0.29, 0.717) is 0 Å². The molecule has 0 spiro atoms. The highest BCUT2D eigenvalue weighted by Crippen LogP contribution is 2.28. The Morgan fingerprint density at radius 3 is 2.85 bits per heavy atom. The van der Waals surface area contributed by atoms with Crippen molar-refractivity contribution in [2.24, 2.45) is 0 Å². The molecular weight excluding hydrogens is 270 g/mol. The van der Waals surface area contributed by atoms with Gasteiger partial charge in [0.25, 0.3) is 0 Å². The number of hydrogen-bond donors (Lipinski definition) is 0. The predicted molar refractivity (Wildman–Crippen MR) is 82.8 cm³/mol. The average molecular weight is 287 g/mol. The molecule has 0 aliphatic carbocycles. The van der Waals surface area contributed by atoms with Gasteiger partial charge in [0.1, 0.15) is 5.75 Å². The lowest BCUT2D eigenvalue weighted by atomic mass is 10.1. The van der Waals surface area contributed by atoms with Crippen molar-refractivity contribution in [1.82, 2.24) is 14.6 Å². The molecule has 0 saturated heterocycles. The van der Waals surface area contributed by atoms with Crippen LogP contribution in [0, 0.1) is 6.92 Å². The Hall–Kier alpha value is -1.75. The van der Waals surface area contributed by atoms with Gasteiger partial charge in [-0.3, -0.25) is 4.40 Å². The lowest BCUT2D eigenvalue weighted by molar-refractivity contribution is 0.415. The molecular formula is C15H17N3OS. The highest BCUT2D eigenvalue weighted by molar-refractivity contribution is 7.99. The standard InChI is InChI=1S/C15H17N3OS/c1-4-7-20-15-17-16-14-8-10(2)12-6-5-11(19-3)9-13(12)18(14)15/h5-6,8-9H,4,7H2,1-3H3. The highest BCUT2D eigenvalue weighted by atomic mass is 32.2. The van der Waals surface area contributed by atoms with E-state index < -0.39 is 0 Å². The predicted octanol–water partition coefficient (Wildman–Crippen LogP) is 3.70. The maximum atomic E-state index is 5.35. The number of pyridine rings is 1. The van der Waals surface area contributed by atoms with E-state index in [4.69, 9.17) is 4.74 Å². The number of aromatic nitrogens is 3. The minimum absolute atomic E-state index is 0.851. The third kappa shape index (κ3) is 2.12.